The predicted octanol–water partition coefficient (Wildman–Crippen LogP) is 3.92. The number of hydrogen-bond donors (Lipinski definition) is 2. The number of Topliss-reactive ketones (excluding diaryl/α,β-unsaturated/α-hetero) is 1. The van der Waals surface area contributed by atoms with Crippen molar-refractivity contribution in [2.45, 2.75) is 18.9 Å². The second-order valence-corrected chi connectivity index (χ2v) is 6.60. The second-order valence-electron chi connectivity index (χ2n) is 5.32. The molecule has 1 amide bonds. The fourth-order valence-corrected chi connectivity index (χ4v) is 2.55. The van der Waals surface area contributed by atoms with Gasteiger partial charge in [-0.05, 0) is 49.4 Å². The number of ketones is 1. The van der Waals surface area contributed by atoms with E-state index in [1.807, 2.05) is 0 Å². The number of rotatable bonds is 3. The van der Waals surface area contributed by atoms with Crippen LogP contribution < -0.4 is 5.32 Å². The van der Waals surface area contributed by atoms with E-state index in [9.17, 15) is 14.7 Å². The van der Waals surface area contributed by atoms with Crippen LogP contribution in [0.3, 0.4) is 0 Å². The third-order valence-corrected chi connectivity index (χ3v) is 4.31. The molecule has 1 aliphatic rings. The topological polar surface area (TPSA) is 66.4 Å². The van der Waals surface area contributed by atoms with Gasteiger partial charge in [-0.25, -0.2) is 0 Å². The van der Waals surface area contributed by atoms with Gasteiger partial charge in [-0.1, -0.05) is 34.8 Å². The summed E-state index contributed by atoms with van der Waals surface area (Å²) in [4.78, 5) is 24.8. The van der Waals surface area contributed by atoms with Crippen LogP contribution in [0.15, 0.2) is 58.3 Å². The first kappa shape index (κ1) is 18.7. The molecule has 1 aromatic carbocycles. The molecule has 0 saturated carbocycles. The van der Waals surface area contributed by atoms with Crippen LogP contribution in [-0.2, 0) is 4.79 Å². The minimum Gasteiger partial charge on any atom is -0.375 e. The van der Waals surface area contributed by atoms with Crippen LogP contribution in [0.5, 0.6) is 0 Å². The Morgan fingerprint density at radius 3 is 2.42 bits per heavy atom. The van der Waals surface area contributed by atoms with Gasteiger partial charge in [0.2, 0.25) is 0 Å². The van der Waals surface area contributed by atoms with Crippen LogP contribution in [0.4, 0.5) is 0 Å². The zero-order valence-electron chi connectivity index (χ0n) is 12.6. The van der Waals surface area contributed by atoms with Gasteiger partial charge in [-0.2, -0.15) is 0 Å². The largest absolute Gasteiger partial charge is 0.375 e. The lowest BCUT2D eigenvalue weighted by Crippen LogP contribution is -2.46. The van der Waals surface area contributed by atoms with Crippen LogP contribution in [0.2, 0.25) is 5.02 Å². The lowest BCUT2D eigenvalue weighted by molar-refractivity contribution is -0.134. The van der Waals surface area contributed by atoms with Gasteiger partial charge in [0.1, 0.15) is 0 Å². The molecule has 126 valence electrons. The molecule has 24 heavy (non-hydrogen) atoms. The maximum absolute atomic E-state index is 12.4. The number of allylic oxidation sites excluding steroid dienone is 5. The third-order valence-electron chi connectivity index (χ3n) is 3.41. The van der Waals surface area contributed by atoms with E-state index in [4.69, 9.17) is 34.8 Å². The van der Waals surface area contributed by atoms with Gasteiger partial charge < -0.3 is 10.4 Å². The van der Waals surface area contributed by atoms with Crippen molar-refractivity contribution in [2.75, 3.05) is 0 Å². The van der Waals surface area contributed by atoms with Gasteiger partial charge in [0, 0.05) is 21.3 Å². The quantitative estimate of drug-likeness (QED) is 0.774. The van der Waals surface area contributed by atoms with Gasteiger partial charge in [0.25, 0.3) is 5.91 Å². The average Bonchev–Trinajstić information content (AvgIpc) is 2.54. The highest BCUT2D eigenvalue weighted by atomic mass is 35.5. The maximum Gasteiger partial charge on any atom is 0.260 e. The maximum atomic E-state index is 12.4. The summed E-state index contributed by atoms with van der Waals surface area (Å²) < 4.78 is 0. The Morgan fingerprint density at radius 1 is 1.17 bits per heavy atom. The van der Waals surface area contributed by atoms with Crippen molar-refractivity contribution >= 4 is 46.5 Å². The molecule has 0 aromatic heterocycles. The Morgan fingerprint density at radius 2 is 1.79 bits per heavy atom. The van der Waals surface area contributed by atoms with Crippen molar-refractivity contribution in [1.82, 2.24) is 5.32 Å². The van der Waals surface area contributed by atoms with Crippen molar-refractivity contribution in [2.24, 2.45) is 0 Å². The molecule has 7 heteroatoms. The highest BCUT2D eigenvalue weighted by Crippen LogP contribution is 2.24. The third kappa shape index (κ3) is 4.48. The zero-order chi connectivity index (χ0) is 17.9. The van der Waals surface area contributed by atoms with Crippen molar-refractivity contribution < 1.29 is 14.7 Å². The molecule has 2 rings (SSSR count). The molecule has 1 aliphatic heterocycles. The van der Waals surface area contributed by atoms with E-state index >= 15 is 0 Å². The monoisotopic (exact) mass is 385 g/mol. The number of carbonyl (C=O) groups is 2. The first-order valence-corrected chi connectivity index (χ1v) is 8.10. The highest BCUT2D eigenvalue weighted by molar-refractivity contribution is 6.33. The van der Waals surface area contributed by atoms with Crippen molar-refractivity contribution in [3.8, 4) is 0 Å². The summed E-state index contributed by atoms with van der Waals surface area (Å²) in [5.41, 5.74) is -1.44. The highest BCUT2D eigenvalue weighted by Gasteiger charge is 2.37. The van der Waals surface area contributed by atoms with Crippen molar-refractivity contribution in [3.05, 3.63) is 68.8 Å². The van der Waals surface area contributed by atoms with Crippen molar-refractivity contribution in [3.63, 3.8) is 0 Å². The van der Waals surface area contributed by atoms with E-state index in [-0.39, 0.29) is 10.1 Å². The summed E-state index contributed by atoms with van der Waals surface area (Å²) in [5.74, 6) is -1.22. The Hall–Kier alpha value is -1.59. The number of hydrogen-bond acceptors (Lipinski definition) is 3. The number of benzene rings is 1. The van der Waals surface area contributed by atoms with Crippen LogP contribution in [0.1, 0.15) is 23.7 Å². The van der Waals surface area contributed by atoms with Crippen LogP contribution in [0.25, 0.3) is 0 Å². The Bertz CT molecular complexity index is 766. The van der Waals surface area contributed by atoms with E-state index in [2.05, 4.69) is 5.32 Å². The fourth-order valence-electron chi connectivity index (χ4n) is 2.07. The lowest BCUT2D eigenvalue weighted by atomic mass is 9.92. The second kappa shape index (κ2) is 7.53. The molecule has 4 nitrogen and oxygen atoms in total. The smallest absolute Gasteiger partial charge is 0.260 e. The van der Waals surface area contributed by atoms with E-state index in [1.54, 1.807) is 19.1 Å². The van der Waals surface area contributed by atoms with E-state index in [0.717, 1.165) is 6.08 Å². The van der Waals surface area contributed by atoms with Gasteiger partial charge in [0.05, 0.1) is 11.5 Å². The van der Waals surface area contributed by atoms with Crippen molar-refractivity contribution in [1.29, 1.82) is 0 Å². The number of amides is 1. The van der Waals surface area contributed by atoms with E-state index in [1.165, 1.54) is 24.3 Å². The van der Waals surface area contributed by atoms with Crippen LogP contribution in [-0.4, -0.2) is 22.4 Å². The average molecular weight is 387 g/mol. The minimum atomic E-state index is -2.11. The molecular weight excluding hydrogens is 373 g/mol. The van der Waals surface area contributed by atoms with E-state index in [0.29, 0.717) is 16.3 Å². The van der Waals surface area contributed by atoms with Gasteiger partial charge >= 0.3 is 0 Å². The Labute approximate surface area is 154 Å². The first-order valence-electron chi connectivity index (χ1n) is 6.97. The first-order chi connectivity index (χ1) is 11.2. The summed E-state index contributed by atoms with van der Waals surface area (Å²) in [6, 6.07) is 6.16. The molecule has 0 bridgehead atoms. The molecule has 0 radical (unpaired) electrons. The summed E-state index contributed by atoms with van der Waals surface area (Å²) in [5, 5.41) is 14.0. The standard InChI is InChI=1S/C17H14Cl3NO3/c1-10-14(20)7-6-13(19)8-17(24,16(23)21-10)9-15(22)11-2-4-12(18)5-3-11/h2-8,24H,9H2,1H3,(H,21,23)/b7-6-,13-8-,14-10-. The molecule has 0 saturated heterocycles. The predicted molar refractivity (Wildman–Crippen MR) is 95.1 cm³/mol. The summed E-state index contributed by atoms with van der Waals surface area (Å²) >= 11 is 17.8. The molecular formula is C17H14Cl3NO3. The SMILES string of the molecule is C\C1=C(Cl)/C=C\C(Cl)=C\C(O)(CC(=O)c2ccc(Cl)cc2)C(=O)N1. The number of halogens is 3. The normalized spacial score (nSPS) is 28.0. The fraction of sp³-hybridized carbons (Fsp3) is 0.176. The number of nitrogens with one attached hydrogen (secondary N) is 1. The molecule has 1 heterocycles. The Kier molecular flexibility index (Phi) is 5.88. The van der Waals surface area contributed by atoms with Crippen LogP contribution in [0, 0.1) is 0 Å². The van der Waals surface area contributed by atoms with Gasteiger partial charge in [-0.15, -0.1) is 0 Å². The summed E-state index contributed by atoms with van der Waals surface area (Å²) in [6.07, 6.45) is 3.57. The molecule has 0 fully saturated rings. The number of carbonyl (C=O) groups excluding carboxylic acids is 2. The van der Waals surface area contributed by atoms with Gasteiger partial charge in [0.15, 0.2) is 11.4 Å². The molecule has 0 spiro atoms. The Balaban J connectivity index is 2.35. The lowest BCUT2D eigenvalue weighted by Gasteiger charge is -2.23. The molecule has 0 aliphatic carbocycles. The molecule has 1 unspecified atom stereocenters. The minimum absolute atomic E-state index is 0.0874. The molecule has 2 N–H and O–H groups in total. The summed E-state index contributed by atoms with van der Waals surface area (Å²) in [7, 11) is 0. The molecule has 1 aromatic rings. The van der Waals surface area contributed by atoms with E-state index < -0.39 is 23.7 Å². The summed E-state index contributed by atoms with van der Waals surface area (Å²) in [6.45, 7) is 1.57. The number of aliphatic hydroxyl groups is 1. The van der Waals surface area contributed by atoms with Crippen LogP contribution >= 0.6 is 34.8 Å². The molecule has 1 atom stereocenters. The zero-order valence-corrected chi connectivity index (χ0v) is 14.9. The van der Waals surface area contributed by atoms with Gasteiger partial charge in [-0.3, -0.25) is 9.59 Å².